The Labute approximate surface area is 307 Å². The maximum Gasteiger partial charge on any atom is 0.413 e. The number of fused-ring (bicyclic) bond motifs is 3. The molecule has 3 aliphatic rings. The molecular weight excluding hydrogens is 694 g/mol. The number of phenols is 1. The summed E-state index contributed by atoms with van der Waals surface area (Å²) in [6, 6.07) is 0.204. The Morgan fingerprint density at radius 2 is 1.68 bits per heavy atom. The molecule has 17 nitrogen and oxygen atoms in total. The van der Waals surface area contributed by atoms with Crippen LogP contribution in [0.5, 0.6) is 5.75 Å². The van der Waals surface area contributed by atoms with Gasteiger partial charge in [0.1, 0.15) is 12.3 Å². The van der Waals surface area contributed by atoms with E-state index >= 15 is 0 Å². The third-order valence-electron chi connectivity index (χ3n) is 9.96. The van der Waals surface area contributed by atoms with Gasteiger partial charge in [0.15, 0.2) is 34.7 Å². The lowest BCUT2D eigenvalue weighted by molar-refractivity contribution is -0.181. The zero-order valence-corrected chi connectivity index (χ0v) is 31.3. The molecule has 3 amide bonds. The number of carbonyl (C=O) groups excluding carboxylic acids is 8. The first kappa shape index (κ1) is 40.9. The van der Waals surface area contributed by atoms with Crippen molar-refractivity contribution in [2.24, 2.45) is 34.8 Å². The van der Waals surface area contributed by atoms with Crippen LogP contribution in [-0.2, 0) is 44.7 Å². The van der Waals surface area contributed by atoms with Crippen LogP contribution in [0, 0.1) is 29.1 Å². The number of nitrogens with zero attached hydrogens (tertiary/aromatic N) is 3. The van der Waals surface area contributed by atoms with Crippen LogP contribution in [0.3, 0.4) is 0 Å². The van der Waals surface area contributed by atoms with Crippen molar-refractivity contribution >= 4 is 58.4 Å². The molecule has 6 atom stereocenters. The fraction of sp³-hybridized carbons (Fsp3) is 0.611. The zero-order valence-electron chi connectivity index (χ0n) is 31.3. The number of amides is 3. The van der Waals surface area contributed by atoms with Crippen molar-refractivity contribution in [3.8, 4) is 5.75 Å². The number of ketones is 4. The SMILES string of the molecule is CCCN(CC(=O)Nc1cc(N(C)C)c2c(c1O)C(=O)C1C(=O)[C@]3(O)C(=O)C(C(N)=O)C(=O)[C@@H](N(C)C)[C@@H]3C[C@@H]1C2)C(=O)OCOC(=O)CC(C)(C)C. The molecule has 1 aromatic carbocycles. The van der Waals surface area contributed by atoms with E-state index in [1.54, 1.807) is 25.9 Å². The summed E-state index contributed by atoms with van der Waals surface area (Å²) in [6.45, 7) is 6.17. The number of anilines is 2. The van der Waals surface area contributed by atoms with Gasteiger partial charge in [-0.15, -0.1) is 0 Å². The predicted molar refractivity (Wildman–Crippen MR) is 188 cm³/mol. The standard InChI is InChI=1S/C36H49N5O12/c1-9-10-41(34(50)53-16-52-23(43)14-35(2,3)4)15-22(42)38-20-13-21(39(5)6)18-11-17-12-19-27(40(7)8)30(46)26(33(37)49)32(48)36(19,51)31(47)24(17)29(45)25(18)28(20)44/h13,17,19,24,26-27,44,51H,9-12,14-16H2,1-8H3,(H2,37,49)(H,38,42)/t17-,19-,24?,26?,27-,36-/m0/s1. The molecule has 0 spiro atoms. The van der Waals surface area contributed by atoms with Crippen molar-refractivity contribution in [3.05, 3.63) is 17.2 Å². The Morgan fingerprint density at radius 3 is 2.23 bits per heavy atom. The second kappa shape index (κ2) is 15.2. The number of likely N-dealkylation sites (N-methyl/N-ethyl adjacent to an activating group) is 1. The molecule has 5 N–H and O–H groups in total. The molecule has 0 bridgehead atoms. The minimum Gasteiger partial charge on any atom is -0.505 e. The molecule has 0 aromatic heterocycles. The summed E-state index contributed by atoms with van der Waals surface area (Å²) >= 11 is 0. The Hall–Kier alpha value is -4.90. The molecule has 1 aromatic rings. The normalized spacial score (nSPS) is 25.2. The van der Waals surface area contributed by atoms with E-state index in [-0.39, 0.29) is 42.5 Å². The van der Waals surface area contributed by atoms with E-state index in [2.05, 4.69) is 5.32 Å². The van der Waals surface area contributed by atoms with Crippen LogP contribution in [0.1, 0.15) is 62.9 Å². The average molecular weight is 744 g/mol. The summed E-state index contributed by atoms with van der Waals surface area (Å²) < 4.78 is 10.0. The maximum atomic E-state index is 14.3. The van der Waals surface area contributed by atoms with Crippen LogP contribution in [-0.4, -0.2) is 127 Å². The third kappa shape index (κ3) is 7.76. The summed E-state index contributed by atoms with van der Waals surface area (Å²) in [7, 11) is 6.33. The first-order valence-corrected chi connectivity index (χ1v) is 17.3. The summed E-state index contributed by atoms with van der Waals surface area (Å²) in [6.07, 6.45) is -0.495. The van der Waals surface area contributed by atoms with E-state index in [0.717, 1.165) is 4.90 Å². The van der Waals surface area contributed by atoms with Gasteiger partial charge in [-0.1, -0.05) is 27.7 Å². The number of nitrogens with two attached hydrogens (primary N) is 1. The zero-order chi connectivity index (χ0) is 39.9. The number of primary amides is 1. The molecule has 290 valence electrons. The second-order valence-corrected chi connectivity index (χ2v) is 15.6. The van der Waals surface area contributed by atoms with Gasteiger partial charge in [0.25, 0.3) is 0 Å². The minimum atomic E-state index is -2.88. The lowest BCUT2D eigenvalue weighted by Gasteiger charge is -2.52. The molecule has 4 rings (SSSR count). The fourth-order valence-corrected chi connectivity index (χ4v) is 7.74. The molecule has 0 aliphatic heterocycles. The molecule has 2 unspecified atom stereocenters. The van der Waals surface area contributed by atoms with Crippen molar-refractivity contribution in [1.29, 1.82) is 0 Å². The molecule has 0 saturated heterocycles. The van der Waals surface area contributed by atoms with Gasteiger partial charge in [-0.05, 0) is 56.3 Å². The smallest absolute Gasteiger partial charge is 0.413 e. The quantitative estimate of drug-likeness (QED) is 0.105. The number of rotatable bonds is 11. The summed E-state index contributed by atoms with van der Waals surface area (Å²) in [5.41, 5.74) is 2.39. The highest BCUT2D eigenvalue weighted by atomic mass is 16.7. The van der Waals surface area contributed by atoms with E-state index in [0.29, 0.717) is 17.7 Å². The first-order chi connectivity index (χ1) is 24.6. The predicted octanol–water partition coefficient (Wildman–Crippen LogP) is 0.657. The second-order valence-electron chi connectivity index (χ2n) is 15.6. The topological polar surface area (TPSA) is 243 Å². The fourth-order valence-electron chi connectivity index (χ4n) is 7.74. The van der Waals surface area contributed by atoms with E-state index in [9.17, 15) is 48.6 Å². The Kier molecular flexibility index (Phi) is 11.7. The van der Waals surface area contributed by atoms with Gasteiger partial charge < -0.3 is 35.6 Å². The van der Waals surface area contributed by atoms with Crippen molar-refractivity contribution < 1.29 is 58.0 Å². The number of phenolic OH excluding ortho intramolecular Hbond substituents is 1. The number of nitrogens with one attached hydrogen (secondary N) is 1. The number of benzene rings is 1. The largest absolute Gasteiger partial charge is 0.505 e. The number of hydrogen-bond donors (Lipinski definition) is 4. The van der Waals surface area contributed by atoms with Gasteiger partial charge in [-0.25, -0.2) is 4.79 Å². The van der Waals surface area contributed by atoms with E-state index < -0.39 is 101 Å². The van der Waals surface area contributed by atoms with Gasteiger partial charge in [-0.2, -0.15) is 0 Å². The van der Waals surface area contributed by atoms with Crippen LogP contribution in [0.25, 0.3) is 0 Å². The Morgan fingerprint density at radius 1 is 1.04 bits per heavy atom. The Balaban J connectivity index is 1.63. The summed E-state index contributed by atoms with van der Waals surface area (Å²) in [5.74, 6) is -13.5. The number of aliphatic hydroxyl groups is 1. The van der Waals surface area contributed by atoms with Crippen molar-refractivity contribution in [1.82, 2.24) is 9.80 Å². The third-order valence-corrected chi connectivity index (χ3v) is 9.96. The lowest BCUT2D eigenvalue weighted by Crippen LogP contribution is -2.74. The molecule has 3 aliphatic carbocycles. The molecule has 17 heteroatoms. The molecule has 0 heterocycles. The number of ether oxygens (including phenoxy) is 2. The van der Waals surface area contributed by atoms with Gasteiger partial charge in [0.2, 0.25) is 18.6 Å². The molecular formula is C36H49N5O12. The van der Waals surface area contributed by atoms with Crippen LogP contribution in [0.4, 0.5) is 16.2 Å². The van der Waals surface area contributed by atoms with Crippen molar-refractivity contribution in [2.45, 2.75) is 65.0 Å². The first-order valence-electron chi connectivity index (χ1n) is 17.3. The van der Waals surface area contributed by atoms with Crippen LogP contribution in [0.15, 0.2) is 6.07 Å². The highest BCUT2D eigenvalue weighted by molar-refractivity contribution is 6.32. The van der Waals surface area contributed by atoms with E-state index in [1.165, 1.54) is 25.1 Å². The number of aromatic hydroxyl groups is 1. The van der Waals surface area contributed by atoms with E-state index in [4.69, 9.17) is 15.2 Å². The lowest BCUT2D eigenvalue weighted by atomic mass is 9.52. The maximum absolute atomic E-state index is 14.3. The molecule has 2 saturated carbocycles. The van der Waals surface area contributed by atoms with E-state index in [1.807, 2.05) is 20.8 Å². The Bertz CT molecular complexity index is 1730. The molecule has 2 fully saturated rings. The highest BCUT2D eigenvalue weighted by Gasteiger charge is 2.69. The number of carbonyl (C=O) groups is 8. The highest BCUT2D eigenvalue weighted by Crippen LogP contribution is 2.52. The van der Waals surface area contributed by atoms with Crippen molar-refractivity contribution in [2.75, 3.05) is 58.3 Å². The van der Waals surface area contributed by atoms with Gasteiger partial charge in [-0.3, -0.25) is 43.4 Å². The summed E-state index contributed by atoms with van der Waals surface area (Å²) in [5, 5.41) is 25.8. The number of esters is 1. The minimum absolute atomic E-state index is 0.0254. The van der Waals surface area contributed by atoms with Crippen LogP contribution >= 0.6 is 0 Å². The van der Waals surface area contributed by atoms with Gasteiger partial charge in [0.05, 0.1) is 29.6 Å². The molecule has 53 heavy (non-hydrogen) atoms. The average Bonchev–Trinajstić information content (AvgIpc) is 3.02. The van der Waals surface area contributed by atoms with Crippen LogP contribution < -0.4 is 16.0 Å². The van der Waals surface area contributed by atoms with Gasteiger partial charge >= 0.3 is 12.1 Å². The molecule has 0 radical (unpaired) electrons. The summed E-state index contributed by atoms with van der Waals surface area (Å²) in [4.78, 5) is 110. The number of Topliss-reactive ketones (excluding diaryl/α,β-unsaturated/α-hetero) is 4. The monoisotopic (exact) mass is 743 g/mol. The van der Waals surface area contributed by atoms with Gasteiger partial charge in [0, 0.05) is 32.2 Å². The van der Waals surface area contributed by atoms with Crippen LogP contribution in [0.2, 0.25) is 0 Å². The van der Waals surface area contributed by atoms with Crippen molar-refractivity contribution in [3.63, 3.8) is 0 Å². The number of hydrogen-bond acceptors (Lipinski definition) is 14.